The first-order valence-electron chi connectivity index (χ1n) is 7.46. The van der Waals surface area contributed by atoms with Crippen molar-refractivity contribution < 1.29 is 14.6 Å². The Morgan fingerprint density at radius 3 is 2.74 bits per heavy atom. The van der Waals surface area contributed by atoms with Gasteiger partial charge in [0, 0.05) is 12.2 Å². The highest BCUT2D eigenvalue weighted by Gasteiger charge is 2.43. The molecule has 0 amide bonds. The second-order valence-corrected chi connectivity index (χ2v) is 6.89. The zero-order valence-corrected chi connectivity index (χ0v) is 13.7. The molecule has 0 aromatic heterocycles. The molecule has 4 nitrogen and oxygen atoms in total. The van der Waals surface area contributed by atoms with Crippen molar-refractivity contribution in [3.8, 4) is 5.75 Å². The van der Waals surface area contributed by atoms with Gasteiger partial charge in [-0.25, -0.2) is 0 Å². The van der Waals surface area contributed by atoms with E-state index in [2.05, 4.69) is 17.4 Å². The molecule has 2 atom stereocenters. The highest BCUT2D eigenvalue weighted by Crippen LogP contribution is 2.43. The number of carbonyl (C=O) groups is 1. The maximum atomic E-state index is 11.4. The molecule has 0 bridgehead atoms. The fourth-order valence-corrected chi connectivity index (χ4v) is 4.32. The maximum absolute atomic E-state index is 11.4. The largest absolute Gasteiger partial charge is 0.497 e. The van der Waals surface area contributed by atoms with Crippen molar-refractivity contribution in [2.24, 2.45) is 0 Å². The van der Waals surface area contributed by atoms with Gasteiger partial charge in [-0.1, -0.05) is 42.5 Å². The molecule has 2 aromatic rings. The molecule has 5 heteroatoms. The first-order chi connectivity index (χ1) is 11.1. The Kier molecular flexibility index (Phi) is 4.59. The summed E-state index contributed by atoms with van der Waals surface area (Å²) in [7, 11) is 1.64. The van der Waals surface area contributed by atoms with Crippen molar-refractivity contribution in [1.82, 2.24) is 5.32 Å². The lowest BCUT2D eigenvalue weighted by atomic mass is 9.97. The Morgan fingerprint density at radius 2 is 2.09 bits per heavy atom. The van der Waals surface area contributed by atoms with Crippen LogP contribution in [-0.2, 0) is 16.1 Å². The second kappa shape index (κ2) is 6.64. The number of aliphatic carboxylic acids is 1. The normalized spacial score (nSPS) is 23.6. The van der Waals surface area contributed by atoms with Crippen LogP contribution in [0.2, 0.25) is 0 Å². The van der Waals surface area contributed by atoms with Crippen molar-refractivity contribution in [3.63, 3.8) is 0 Å². The van der Waals surface area contributed by atoms with Gasteiger partial charge in [0.1, 0.15) is 11.8 Å². The lowest BCUT2D eigenvalue weighted by Gasteiger charge is -2.30. The number of carboxylic acids is 1. The van der Waals surface area contributed by atoms with Gasteiger partial charge in [-0.15, -0.1) is 11.8 Å². The van der Waals surface area contributed by atoms with Crippen LogP contribution in [0.4, 0.5) is 0 Å². The molecule has 0 radical (unpaired) electrons. The summed E-state index contributed by atoms with van der Waals surface area (Å²) in [6, 6.07) is 17.4. The number of rotatable bonds is 5. The van der Waals surface area contributed by atoms with Gasteiger partial charge < -0.3 is 9.84 Å². The quantitative estimate of drug-likeness (QED) is 0.883. The fourth-order valence-electron chi connectivity index (χ4n) is 2.85. The zero-order valence-electron chi connectivity index (χ0n) is 12.9. The monoisotopic (exact) mass is 329 g/mol. The van der Waals surface area contributed by atoms with Crippen LogP contribution >= 0.6 is 11.8 Å². The molecule has 3 rings (SSSR count). The Bertz CT molecular complexity index is 692. The summed E-state index contributed by atoms with van der Waals surface area (Å²) in [5, 5.41) is 12.7. The van der Waals surface area contributed by atoms with Gasteiger partial charge in [-0.3, -0.25) is 10.1 Å². The maximum Gasteiger partial charge on any atom is 0.321 e. The van der Waals surface area contributed by atoms with Gasteiger partial charge in [0.15, 0.2) is 0 Å². The standard InChI is InChI=1S/C18H19NO3S/c1-22-15-9-5-8-14(10-15)18(11-13-6-3-2-4-7-13)19-16(12-23-18)17(20)21/h2-10,16,19H,11-12H2,1H3,(H,20,21)/t16-,18?/m0/s1. The van der Waals surface area contributed by atoms with E-state index in [9.17, 15) is 9.90 Å². The summed E-state index contributed by atoms with van der Waals surface area (Å²) in [6.45, 7) is 0. The van der Waals surface area contributed by atoms with Crippen LogP contribution in [0.1, 0.15) is 11.1 Å². The molecule has 1 aliphatic rings. The van der Waals surface area contributed by atoms with Crippen LogP contribution in [-0.4, -0.2) is 30.0 Å². The molecule has 2 N–H and O–H groups in total. The summed E-state index contributed by atoms with van der Waals surface area (Å²) in [6.07, 6.45) is 0.718. The van der Waals surface area contributed by atoms with Crippen molar-refractivity contribution in [2.45, 2.75) is 17.3 Å². The minimum Gasteiger partial charge on any atom is -0.497 e. The van der Waals surface area contributed by atoms with Gasteiger partial charge in [0.25, 0.3) is 0 Å². The number of hydrogen-bond acceptors (Lipinski definition) is 4. The molecule has 0 aliphatic carbocycles. The minimum absolute atomic E-state index is 0.459. The number of thioether (sulfide) groups is 1. The minimum atomic E-state index is -0.810. The number of ether oxygens (including phenoxy) is 1. The van der Waals surface area contributed by atoms with E-state index in [-0.39, 0.29) is 0 Å². The first-order valence-corrected chi connectivity index (χ1v) is 8.44. The molecular formula is C18H19NO3S. The predicted octanol–water partition coefficient (Wildman–Crippen LogP) is 2.88. The number of carboxylic acid groups (broad SMARTS) is 1. The SMILES string of the molecule is COc1cccc(C2(Cc3ccccc3)N[C@H](C(=O)O)CS2)c1. The third kappa shape index (κ3) is 3.35. The van der Waals surface area contributed by atoms with Crippen LogP contribution in [0.25, 0.3) is 0 Å². The van der Waals surface area contributed by atoms with Crippen molar-refractivity contribution in [2.75, 3.05) is 12.9 Å². The van der Waals surface area contributed by atoms with Gasteiger partial charge in [0.05, 0.1) is 12.0 Å². The summed E-state index contributed by atoms with van der Waals surface area (Å²) in [5.74, 6) is 0.505. The van der Waals surface area contributed by atoms with Crippen LogP contribution in [0.15, 0.2) is 54.6 Å². The Hall–Kier alpha value is -1.98. The zero-order chi connectivity index (χ0) is 16.3. The summed E-state index contributed by atoms with van der Waals surface area (Å²) < 4.78 is 5.33. The van der Waals surface area contributed by atoms with E-state index in [4.69, 9.17) is 4.74 Å². The summed E-state index contributed by atoms with van der Waals surface area (Å²) in [4.78, 5) is 10.9. The second-order valence-electron chi connectivity index (χ2n) is 5.57. The predicted molar refractivity (Wildman–Crippen MR) is 91.8 cm³/mol. The molecule has 1 aliphatic heterocycles. The van der Waals surface area contributed by atoms with Crippen molar-refractivity contribution in [1.29, 1.82) is 0 Å². The molecule has 0 spiro atoms. The molecule has 1 unspecified atom stereocenters. The lowest BCUT2D eigenvalue weighted by Crippen LogP contribution is -2.44. The van der Waals surface area contributed by atoms with Crippen molar-refractivity contribution in [3.05, 3.63) is 65.7 Å². The average molecular weight is 329 g/mol. The van der Waals surface area contributed by atoms with E-state index in [1.165, 1.54) is 5.56 Å². The van der Waals surface area contributed by atoms with Gasteiger partial charge in [0.2, 0.25) is 0 Å². The van der Waals surface area contributed by atoms with Crippen LogP contribution < -0.4 is 10.1 Å². The van der Waals surface area contributed by atoms with E-state index in [0.717, 1.165) is 17.7 Å². The van der Waals surface area contributed by atoms with Crippen molar-refractivity contribution >= 4 is 17.7 Å². The highest BCUT2D eigenvalue weighted by molar-refractivity contribution is 8.00. The molecule has 1 heterocycles. The molecule has 1 saturated heterocycles. The molecule has 1 fully saturated rings. The molecule has 23 heavy (non-hydrogen) atoms. The molecular weight excluding hydrogens is 310 g/mol. The third-order valence-corrected chi connectivity index (χ3v) is 5.52. The molecule has 0 saturated carbocycles. The third-order valence-electron chi connectivity index (χ3n) is 4.03. The fraction of sp³-hybridized carbons (Fsp3) is 0.278. The van der Waals surface area contributed by atoms with E-state index in [0.29, 0.717) is 5.75 Å². The van der Waals surface area contributed by atoms with E-state index in [1.54, 1.807) is 18.9 Å². The Morgan fingerprint density at radius 1 is 1.30 bits per heavy atom. The lowest BCUT2D eigenvalue weighted by molar-refractivity contribution is -0.138. The number of nitrogens with one attached hydrogen (secondary N) is 1. The Balaban J connectivity index is 1.98. The number of methoxy groups -OCH3 is 1. The molecule has 2 aromatic carbocycles. The first kappa shape index (κ1) is 15.9. The van der Waals surface area contributed by atoms with Gasteiger partial charge in [-0.2, -0.15) is 0 Å². The highest BCUT2D eigenvalue weighted by atomic mass is 32.2. The smallest absolute Gasteiger partial charge is 0.321 e. The Labute approximate surface area is 139 Å². The van der Waals surface area contributed by atoms with E-state index >= 15 is 0 Å². The van der Waals surface area contributed by atoms with Gasteiger partial charge in [-0.05, 0) is 23.3 Å². The number of benzene rings is 2. The van der Waals surface area contributed by atoms with E-state index in [1.807, 2.05) is 42.5 Å². The average Bonchev–Trinajstić information content (AvgIpc) is 3.01. The van der Waals surface area contributed by atoms with Crippen LogP contribution in [0.3, 0.4) is 0 Å². The van der Waals surface area contributed by atoms with E-state index < -0.39 is 16.9 Å². The topological polar surface area (TPSA) is 58.6 Å². The summed E-state index contributed by atoms with van der Waals surface area (Å²) >= 11 is 1.65. The summed E-state index contributed by atoms with van der Waals surface area (Å²) in [5.41, 5.74) is 2.20. The van der Waals surface area contributed by atoms with Gasteiger partial charge >= 0.3 is 5.97 Å². The van der Waals surface area contributed by atoms with Crippen LogP contribution in [0, 0.1) is 0 Å². The number of hydrogen-bond donors (Lipinski definition) is 2. The van der Waals surface area contributed by atoms with Crippen LogP contribution in [0.5, 0.6) is 5.75 Å². The molecule has 120 valence electrons.